The van der Waals surface area contributed by atoms with Gasteiger partial charge < -0.3 is 9.47 Å². The van der Waals surface area contributed by atoms with E-state index in [1.54, 1.807) is 18.2 Å². The van der Waals surface area contributed by atoms with Gasteiger partial charge in [-0.15, -0.1) is 0 Å². The van der Waals surface area contributed by atoms with Crippen LogP contribution in [-0.2, 0) is 14.8 Å². The average Bonchev–Trinajstić information content (AvgIpc) is 2.60. The van der Waals surface area contributed by atoms with E-state index in [-0.39, 0.29) is 4.90 Å². The Labute approximate surface area is 139 Å². The van der Waals surface area contributed by atoms with Crippen LogP contribution < -0.4 is 14.2 Å². The number of fused-ring (bicyclic) bond motifs is 1. The predicted molar refractivity (Wildman–Crippen MR) is 86.0 cm³/mol. The van der Waals surface area contributed by atoms with Gasteiger partial charge >= 0.3 is 0 Å². The average molecular weight is 346 g/mol. The van der Waals surface area contributed by atoms with Crippen molar-refractivity contribution in [3.05, 3.63) is 54.4 Å². The molecule has 24 heavy (non-hydrogen) atoms. The van der Waals surface area contributed by atoms with Crippen LogP contribution in [0.2, 0.25) is 0 Å². The molecule has 0 aliphatic carbocycles. The number of ether oxygens (including phenoxy) is 2. The first-order valence-electron chi connectivity index (χ1n) is 7.09. The summed E-state index contributed by atoms with van der Waals surface area (Å²) in [6.45, 7) is 0.959. The standard InChI is InChI=1S/C16H14N2O5S/c19-16(18-24(20,21)13-2-1-7-17-11-13)6-4-12-3-5-14-15(10-12)23-9-8-22-14/h1-7,10-11H,8-9H2,(H,18,19)/b6-4+. The van der Waals surface area contributed by atoms with Gasteiger partial charge in [0.15, 0.2) is 11.5 Å². The highest BCUT2D eigenvalue weighted by Crippen LogP contribution is 2.31. The van der Waals surface area contributed by atoms with E-state index in [2.05, 4.69) is 4.98 Å². The fourth-order valence-corrected chi connectivity index (χ4v) is 2.98. The Hall–Kier alpha value is -2.87. The number of carbonyl (C=O) groups is 1. The molecule has 0 saturated carbocycles. The zero-order valence-corrected chi connectivity index (χ0v) is 13.3. The summed E-state index contributed by atoms with van der Waals surface area (Å²) in [5.74, 6) is 0.475. The molecule has 0 saturated heterocycles. The number of nitrogens with zero attached hydrogens (tertiary/aromatic N) is 1. The highest BCUT2D eigenvalue weighted by Gasteiger charge is 2.16. The maximum Gasteiger partial charge on any atom is 0.265 e. The lowest BCUT2D eigenvalue weighted by atomic mass is 10.2. The monoisotopic (exact) mass is 346 g/mol. The number of aromatic nitrogens is 1. The minimum atomic E-state index is -3.94. The number of carbonyl (C=O) groups excluding carboxylic acids is 1. The van der Waals surface area contributed by atoms with Crippen LogP contribution in [0.3, 0.4) is 0 Å². The van der Waals surface area contributed by atoms with E-state index in [9.17, 15) is 13.2 Å². The first-order chi connectivity index (χ1) is 11.5. The van der Waals surface area contributed by atoms with E-state index >= 15 is 0 Å². The van der Waals surface area contributed by atoms with Crippen molar-refractivity contribution < 1.29 is 22.7 Å². The summed E-state index contributed by atoms with van der Waals surface area (Å²) < 4.78 is 36.8. The van der Waals surface area contributed by atoms with Gasteiger partial charge in [-0.1, -0.05) is 6.07 Å². The molecule has 3 rings (SSSR count). The molecule has 1 aromatic carbocycles. The van der Waals surface area contributed by atoms with Crippen LogP contribution in [0.25, 0.3) is 6.08 Å². The quantitative estimate of drug-likeness (QED) is 0.840. The minimum Gasteiger partial charge on any atom is -0.486 e. The number of nitrogens with one attached hydrogen (secondary N) is 1. The van der Waals surface area contributed by atoms with Crippen molar-refractivity contribution >= 4 is 22.0 Å². The molecule has 0 fully saturated rings. The van der Waals surface area contributed by atoms with Crippen molar-refractivity contribution in [3.63, 3.8) is 0 Å². The summed E-state index contributed by atoms with van der Waals surface area (Å²) in [5, 5.41) is 0. The minimum absolute atomic E-state index is 0.0777. The third-order valence-electron chi connectivity index (χ3n) is 3.17. The normalized spacial score (nSPS) is 13.7. The van der Waals surface area contributed by atoms with Gasteiger partial charge in [-0.2, -0.15) is 0 Å². The Kier molecular flexibility index (Phi) is 4.48. The molecule has 0 radical (unpaired) electrons. The SMILES string of the molecule is O=C(/C=C/c1ccc2c(c1)OCCO2)NS(=O)(=O)c1cccnc1. The summed E-state index contributed by atoms with van der Waals surface area (Å²) in [6.07, 6.45) is 5.24. The van der Waals surface area contributed by atoms with Crippen molar-refractivity contribution in [2.75, 3.05) is 13.2 Å². The van der Waals surface area contributed by atoms with Crippen molar-refractivity contribution in [1.82, 2.24) is 9.71 Å². The van der Waals surface area contributed by atoms with Crippen LogP contribution in [0.15, 0.2) is 53.7 Å². The summed E-state index contributed by atoms with van der Waals surface area (Å²) in [7, 11) is -3.94. The van der Waals surface area contributed by atoms with Gasteiger partial charge in [-0.05, 0) is 35.9 Å². The Balaban J connectivity index is 1.70. The fourth-order valence-electron chi connectivity index (χ4n) is 2.07. The van der Waals surface area contributed by atoms with Crippen LogP contribution in [0, 0.1) is 0 Å². The number of rotatable bonds is 4. The highest BCUT2D eigenvalue weighted by atomic mass is 32.2. The van der Waals surface area contributed by atoms with Gasteiger partial charge in [-0.3, -0.25) is 9.78 Å². The van der Waals surface area contributed by atoms with E-state index in [0.29, 0.717) is 30.3 Å². The molecule has 1 N–H and O–H groups in total. The van der Waals surface area contributed by atoms with Gasteiger partial charge in [0.05, 0.1) is 0 Å². The maximum absolute atomic E-state index is 12.0. The number of hydrogen-bond donors (Lipinski definition) is 1. The van der Waals surface area contributed by atoms with Crippen LogP contribution >= 0.6 is 0 Å². The number of sulfonamides is 1. The lowest BCUT2D eigenvalue weighted by molar-refractivity contribution is -0.114. The van der Waals surface area contributed by atoms with Gasteiger partial charge in [0, 0.05) is 18.5 Å². The Morgan fingerprint density at radius 1 is 1.17 bits per heavy atom. The van der Waals surface area contributed by atoms with Gasteiger partial charge in [0.25, 0.3) is 15.9 Å². The smallest absolute Gasteiger partial charge is 0.265 e. The molecule has 0 spiro atoms. The molecule has 1 aliphatic heterocycles. The Morgan fingerprint density at radius 2 is 1.96 bits per heavy atom. The predicted octanol–water partition coefficient (Wildman–Crippen LogP) is 1.37. The lowest BCUT2D eigenvalue weighted by Crippen LogP contribution is -2.29. The van der Waals surface area contributed by atoms with E-state index in [1.165, 1.54) is 30.6 Å². The third kappa shape index (κ3) is 3.72. The molecule has 2 heterocycles. The molecule has 0 atom stereocenters. The first-order valence-corrected chi connectivity index (χ1v) is 8.57. The van der Waals surface area contributed by atoms with Crippen LogP contribution in [0.1, 0.15) is 5.56 Å². The van der Waals surface area contributed by atoms with Crippen molar-refractivity contribution in [1.29, 1.82) is 0 Å². The summed E-state index contributed by atoms with van der Waals surface area (Å²) in [6, 6.07) is 8.02. The lowest BCUT2D eigenvalue weighted by Gasteiger charge is -2.18. The van der Waals surface area contributed by atoms with Gasteiger partial charge in [0.1, 0.15) is 18.1 Å². The van der Waals surface area contributed by atoms with E-state index in [0.717, 1.165) is 6.08 Å². The second-order valence-corrected chi connectivity index (χ2v) is 6.58. The summed E-state index contributed by atoms with van der Waals surface area (Å²) in [4.78, 5) is 15.5. The summed E-state index contributed by atoms with van der Waals surface area (Å²) in [5.41, 5.74) is 0.688. The topological polar surface area (TPSA) is 94.6 Å². The Morgan fingerprint density at radius 3 is 2.71 bits per heavy atom. The molecular weight excluding hydrogens is 332 g/mol. The largest absolute Gasteiger partial charge is 0.486 e. The van der Waals surface area contributed by atoms with Crippen molar-refractivity contribution in [3.8, 4) is 11.5 Å². The first kappa shape index (κ1) is 16.0. The number of hydrogen-bond acceptors (Lipinski definition) is 6. The zero-order valence-electron chi connectivity index (χ0n) is 12.5. The molecule has 7 nitrogen and oxygen atoms in total. The van der Waals surface area contributed by atoms with Gasteiger partial charge in [0.2, 0.25) is 0 Å². The second kappa shape index (κ2) is 6.71. The van der Waals surface area contributed by atoms with Crippen LogP contribution in [0.4, 0.5) is 0 Å². The molecule has 0 bridgehead atoms. The van der Waals surface area contributed by atoms with Crippen LogP contribution in [0.5, 0.6) is 11.5 Å². The molecule has 124 valence electrons. The fraction of sp³-hybridized carbons (Fsp3) is 0.125. The number of amides is 1. The van der Waals surface area contributed by atoms with Gasteiger partial charge in [-0.25, -0.2) is 13.1 Å². The number of benzene rings is 1. The maximum atomic E-state index is 12.0. The van der Waals surface area contributed by atoms with Crippen LogP contribution in [-0.4, -0.2) is 32.5 Å². The van der Waals surface area contributed by atoms with E-state index < -0.39 is 15.9 Å². The third-order valence-corrected chi connectivity index (χ3v) is 4.51. The molecule has 8 heteroatoms. The highest BCUT2D eigenvalue weighted by molar-refractivity contribution is 7.90. The molecule has 0 unspecified atom stereocenters. The molecule has 1 aliphatic rings. The zero-order chi connectivity index (χ0) is 17.0. The van der Waals surface area contributed by atoms with E-state index in [1.807, 2.05) is 4.72 Å². The van der Waals surface area contributed by atoms with Crippen molar-refractivity contribution in [2.24, 2.45) is 0 Å². The molecule has 1 amide bonds. The van der Waals surface area contributed by atoms with Crippen molar-refractivity contribution in [2.45, 2.75) is 4.90 Å². The molecular formula is C16H14N2O5S. The summed E-state index contributed by atoms with van der Waals surface area (Å²) >= 11 is 0. The molecule has 1 aromatic heterocycles. The van der Waals surface area contributed by atoms with E-state index in [4.69, 9.17) is 9.47 Å². The molecule has 2 aromatic rings. The Bertz CT molecular complexity index is 879. The second-order valence-electron chi connectivity index (χ2n) is 4.89. The number of pyridine rings is 1.